The number of methoxy groups -OCH3 is 1. The highest BCUT2D eigenvalue weighted by atomic mass is 35.5. The monoisotopic (exact) mass is 285 g/mol. The zero-order valence-corrected chi connectivity index (χ0v) is 12.0. The molecule has 4 nitrogen and oxygen atoms in total. The van der Waals surface area contributed by atoms with Gasteiger partial charge < -0.3 is 15.2 Å². The van der Waals surface area contributed by atoms with E-state index in [9.17, 15) is 9.90 Å². The van der Waals surface area contributed by atoms with Crippen LogP contribution >= 0.6 is 11.6 Å². The summed E-state index contributed by atoms with van der Waals surface area (Å²) in [5, 5.41) is 12.5. The van der Waals surface area contributed by atoms with Crippen molar-refractivity contribution in [1.29, 1.82) is 0 Å². The Kier molecular flexibility index (Phi) is 6.50. The lowest BCUT2D eigenvalue weighted by Crippen LogP contribution is -2.29. The highest BCUT2D eigenvalue weighted by Crippen LogP contribution is 2.26. The molecule has 1 amide bonds. The van der Waals surface area contributed by atoms with Crippen LogP contribution in [-0.2, 0) is 0 Å². The smallest absolute Gasteiger partial charge is 0.251 e. The predicted octanol–water partition coefficient (Wildman–Crippen LogP) is 2.79. The summed E-state index contributed by atoms with van der Waals surface area (Å²) in [4.78, 5) is 11.9. The van der Waals surface area contributed by atoms with E-state index in [0.29, 0.717) is 29.7 Å². The van der Waals surface area contributed by atoms with E-state index in [1.54, 1.807) is 12.1 Å². The van der Waals surface area contributed by atoms with E-state index in [1.807, 2.05) is 0 Å². The van der Waals surface area contributed by atoms with Crippen molar-refractivity contribution in [2.24, 2.45) is 5.92 Å². The molecule has 1 aromatic rings. The molecular weight excluding hydrogens is 266 g/mol. The lowest BCUT2D eigenvalue weighted by atomic mass is 10.0. The highest BCUT2D eigenvalue weighted by molar-refractivity contribution is 6.17. The first kappa shape index (κ1) is 15.6. The van der Waals surface area contributed by atoms with Crippen molar-refractivity contribution in [3.05, 3.63) is 23.8 Å². The van der Waals surface area contributed by atoms with Crippen molar-refractivity contribution in [1.82, 2.24) is 5.32 Å². The third-order valence-corrected chi connectivity index (χ3v) is 3.31. The number of aromatic hydroxyl groups is 1. The van der Waals surface area contributed by atoms with Crippen LogP contribution in [0, 0.1) is 5.92 Å². The zero-order chi connectivity index (χ0) is 14.3. The molecule has 0 spiro atoms. The minimum absolute atomic E-state index is 0.0389. The van der Waals surface area contributed by atoms with Gasteiger partial charge in [0.25, 0.3) is 5.91 Å². The topological polar surface area (TPSA) is 58.6 Å². The molecule has 0 saturated heterocycles. The molecule has 5 heteroatoms. The van der Waals surface area contributed by atoms with Gasteiger partial charge in [-0.3, -0.25) is 4.79 Å². The molecule has 1 rings (SSSR count). The van der Waals surface area contributed by atoms with Gasteiger partial charge in [-0.25, -0.2) is 0 Å². The third kappa shape index (κ3) is 4.63. The zero-order valence-electron chi connectivity index (χ0n) is 11.3. The quantitative estimate of drug-likeness (QED) is 0.758. The molecule has 0 aliphatic rings. The molecule has 1 unspecified atom stereocenters. The fourth-order valence-electron chi connectivity index (χ4n) is 1.78. The number of carbonyl (C=O) groups excluding carboxylic acids is 1. The standard InChI is InChI=1S/C14H20ClNO3/c1-3-10(6-7-15)9-16-14(18)11-4-5-13(19-2)12(17)8-11/h4-5,8,10,17H,3,6-7,9H2,1-2H3,(H,16,18). The Morgan fingerprint density at radius 1 is 1.53 bits per heavy atom. The van der Waals surface area contributed by atoms with E-state index >= 15 is 0 Å². The van der Waals surface area contributed by atoms with Crippen LogP contribution in [0.4, 0.5) is 0 Å². The van der Waals surface area contributed by atoms with Crippen LogP contribution in [0.3, 0.4) is 0 Å². The Bertz CT molecular complexity index is 423. The van der Waals surface area contributed by atoms with Gasteiger partial charge in [0.2, 0.25) is 0 Å². The maximum Gasteiger partial charge on any atom is 0.251 e. The number of hydrogen-bond donors (Lipinski definition) is 2. The number of alkyl halides is 1. The summed E-state index contributed by atoms with van der Waals surface area (Å²) in [6.07, 6.45) is 1.85. The Labute approximate surface area is 118 Å². The van der Waals surface area contributed by atoms with Crippen LogP contribution in [0.15, 0.2) is 18.2 Å². The SMILES string of the molecule is CCC(CCCl)CNC(=O)c1ccc(OC)c(O)c1. The number of ether oxygens (including phenoxy) is 1. The van der Waals surface area contributed by atoms with Crippen molar-refractivity contribution >= 4 is 17.5 Å². The van der Waals surface area contributed by atoms with Gasteiger partial charge >= 0.3 is 0 Å². The summed E-state index contributed by atoms with van der Waals surface area (Å²) < 4.78 is 4.93. The van der Waals surface area contributed by atoms with Gasteiger partial charge in [0, 0.05) is 18.0 Å². The van der Waals surface area contributed by atoms with Gasteiger partial charge in [0.05, 0.1) is 7.11 Å². The van der Waals surface area contributed by atoms with E-state index in [-0.39, 0.29) is 11.7 Å². The average Bonchev–Trinajstić information content (AvgIpc) is 2.42. The summed E-state index contributed by atoms with van der Waals surface area (Å²) >= 11 is 5.70. The Balaban J connectivity index is 2.60. The van der Waals surface area contributed by atoms with E-state index < -0.39 is 0 Å². The van der Waals surface area contributed by atoms with Crippen LogP contribution in [0.25, 0.3) is 0 Å². The summed E-state index contributed by atoms with van der Waals surface area (Å²) in [7, 11) is 1.47. The molecule has 19 heavy (non-hydrogen) atoms. The van der Waals surface area contributed by atoms with Gasteiger partial charge in [-0.2, -0.15) is 0 Å². The van der Waals surface area contributed by atoms with Crippen molar-refractivity contribution in [2.45, 2.75) is 19.8 Å². The van der Waals surface area contributed by atoms with E-state index in [1.165, 1.54) is 13.2 Å². The van der Waals surface area contributed by atoms with Crippen molar-refractivity contribution in [3.63, 3.8) is 0 Å². The van der Waals surface area contributed by atoms with Gasteiger partial charge in [0.15, 0.2) is 11.5 Å². The number of benzene rings is 1. The second-order valence-electron chi connectivity index (χ2n) is 4.35. The Hall–Kier alpha value is -1.42. The molecule has 0 bridgehead atoms. The first-order chi connectivity index (χ1) is 9.12. The van der Waals surface area contributed by atoms with E-state index in [0.717, 1.165) is 12.8 Å². The Morgan fingerprint density at radius 2 is 2.26 bits per heavy atom. The first-order valence-corrected chi connectivity index (χ1v) is 6.87. The van der Waals surface area contributed by atoms with Crippen LogP contribution in [0.1, 0.15) is 30.1 Å². The third-order valence-electron chi connectivity index (χ3n) is 3.09. The molecule has 1 atom stereocenters. The van der Waals surface area contributed by atoms with Gasteiger partial charge in [-0.1, -0.05) is 13.3 Å². The number of nitrogens with one attached hydrogen (secondary N) is 1. The molecule has 106 valence electrons. The fourth-order valence-corrected chi connectivity index (χ4v) is 2.08. The van der Waals surface area contributed by atoms with Crippen molar-refractivity contribution in [2.75, 3.05) is 19.5 Å². The van der Waals surface area contributed by atoms with E-state index in [4.69, 9.17) is 16.3 Å². The number of phenolic OH excluding ortho intramolecular Hbond substituents is 1. The number of carbonyl (C=O) groups is 1. The van der Waals surface area contributed by atoms with Gasteiger partial charge in [0.1, 0.15) is 0 Å². The summed E-state index contributed by atoms with van der Waals surface area (Å²) in [6.45, 7) is 2.66. The fraction of sp³-hybridized carbons (Fsp3) is 0.500. The number of phenols is 1. The van der Waals surface area contributed by atoms with Crippen molar-refractivity contribution < 1.29 is 14.6 Å². The maximum atomic E-state index is 11.9. The second kappa shape index (κ2) is 7.89. The number of rotatable bonds is 7. The lowest BCUT2D eigenvalue weighted by Gasteiger charge is -2.14. The molecule has 0 fully saturated rings. The molecule has 2 N–H and O–H groups in total. The molecule has 0 saturated carbocycles. The largest absolute Gasteiger partial charge is 0.504 e. The number of amides is 1. The molecule has 0 aliphatic carbocycles. The summed E-state index contributed by atoms with van der Waals surface area (Å²) in [5.41, 5.74) is 0.416. The number of halogens is 1. The van der Waals surface area contributed by atoms with Crippen LogP contribution in [0.2, 0.25) is 0 Å². The molecule has 0 aliphatic heterocycles. The van der Waals surface area contributed by atoms with Crippen LogP contribution in [0.5, 0.6) is 11.5 Å². The highest BCUT2D eigenvalue weighted by Gasteiger charge is 2.11. The normalized spacial score (nSPS) is 11.9. The summed E-state index contributed by atoms with van der Waals surface area (Å²) in [5.74, 6) is 1.09. The first-order valence-electron chi connectivity index (χ1n) is 6.33. The molecular formula is C14H20ClNO3. The minimum Gasteiger partial charge on any atom is -0.504 e. The average molecular weight is 286 g/mol. The summed E-state index contributed by atoms with van der Waals surface area (Å²) in [6, 6.07) is 4.59. The van der Waals surface area contributed by atoms with Crippen LogP contribution in [-0.4, -0.2) is 30.5 Å². The minimum atomic E-state index is -0.203. The Morgan fingerprint density at radius 3 is 2.79 bits per heavy atom. The molecule has 0 aromatic heterocycles. The maximum absolute atomic E-state index is 11.9. The molecule has 0 radical (unpaired) electrons. The number of hydrogen-bond acceptors (Lipinski definition) is 3. The molecule has 0 heterocycles. The van der Waals surface area contributed by atoms with Gasteiger partial charge in [-0.05, 0) is 30.5 Å². The van der Waals surface area contributed by atoms with Crippen LogP contribution < -0.4 is 10.1 Å². The molecule has 1 aromatic carbocycles. The van der Waals surface area contributed by atoms with Gasteiger partial charge in [-0.15, -0.1) is 11.6 Å². The van der Waals surface area contributed by atoms with Crippen molar-refractivity contribution in [3.8, 4) is 11.5 Å². The second-order valence-corrected chi connectivity index (χ2v) is 4.73. The predicted molar refractivity (Wildman–Crippen MR) is 76.1 cm³/mol. The lowest BCUT2D eigenvalue weighted by molar-refractivity contribution is 0.0946. The van der Waals surface area contributed by atoms with E-state index in [2.05, 4.69) is 12.2 Å².